The topological polar surface area (TPSA) is 47.3 Å². The quantitative estimate of drug-likeness (QED) is 0.672. The molecule has 0 bridgehead atoms. The van der Waals surface area contributed by atoms with Gasteiger partial charge in [-0.3, -0.25) is 5.84 Å². The van der Waals surface area contributed by atoms with Gasteiger partial charge in [0, 0.05) is 5.56 Å². The van der Waals surface area contributed by atoms with E-state index in [2.05, 4.69) is 5.43 Å². The van der Waals surface area contributed by atoms with E-state index in [9.17, 15) is 8.78 Å². The number of halogens is 2. The van der Waals surface area contributed by atoms with Gasteiger partial charge in [-0.2, -0.15) is 0 Å². The van der Waals surface area contributed by atoms with Gasteiger partial charge >= 0.3 is 0 Å². The maximum Gasteiger partial charge on any atom is 0.165 e. The van der Waals surface area contributed by atoms with Gasteiger partial charge in [0.05, 0.1) is 13.2 Å². The van der Waals surface area contributed by atoms with Crippen LogP contribution >= 0.6 is 0 Å². The van der Waals surface area contributed by atoms with Gasteiger partial charge < -0.3 is 4.74 Å². The van der Waals surface area contributed by atoms with Crippen LogP contribution in [-0.4, -0.2) is 7.11 Å². The second kappa shape index (κ2) is 6.20. The number of ether oxygens (including phenoxy) is 1. The lowest BCUT2D eigenvalue weighted by Gasteiger charge is -2.21. The second-order valence-electron chi connectivity index (χ2n) is 4.97. The van der Waals surface area contributed by atoms with E-state index in [-0.39, 0.29) is 11.6 Å². The molecule has 0 radical (unpaired) electrons. The fourth-order valence-electron chi connectivity index (χ4n) is 2.49. The first-order chi connectivity index (χ1) is 9.97. The molecule has 0 saturated heterocycles. The molecule has 2 aromatic carbocycles. The predicted octanol–water partition coefficient (Wildman–Crippen LogP) is 3.14. The molecule has 2 rings (SSSR count). The highest BCUT2D eigenvalue weighted by atomic mass is 19.1. The Hall–Kier alpha value is -1.98. The third kappa shape index (κ3) is 3.04. The van der Waals surface area contributed by atoms with Crippen molar-refractivity contribution in [3.05, 3.63) is 64.2 Å². The number of hydrogen-bond donors (Lipinski definition) is 2. The summed E-state index contributed by atoms with van der Waals surface area (Å²) in [6, 6.07) is 7.09. The third-order valence-corrected chi connectivity index (χ3v) is 3.44. The number of nitrogens with one attached hydrogen (secondary N) is 1. The number of rotatable bonds is 4. The molecule has 0 amide bonds. The minimum absolute atomic E-state index is 0.0953. The molecule has 1 atom stereocenters. The number of aryl methyl sites for hydroxylation is 2. The molecule has 0 fully saturated rings. The summed E-state index contributed by atoms with van der Waals surface area (Å²) in [5.41, 5.74) is 5.27. The SMILES string of the molecule is COc1cc(C(NN)c2c(C)cc(C)cc2F)ccc1F. The van der Waals surface area contributed by atoms with Crippen LogP contribution < -0.4 is 16.0 Å². The molecule has 3 N–H and O–H groups in total. The monoisotopic (exact) mass is 292 g/mol. The molecule has 0 spiro atoms. The van der Waals surface area contributed by atoms with Crippen LogP contribution in [0.25, 0.3) is 0 Å². The van der Waals surface area contributed by atoms with Crippen molar-refractivity contribution in [1.82, 2.24) is 5.43 Å². The van der Waals surface area contributed by atoms with E-state index in [0.717, 1.165) is 11.1 Å². The number of methoxy groups -OCH3 is 1. The van der Waals surface area contributed by atoms with Gasteiger partial charge in [0.25, 0.3) is 0 Å². The van der Waals surface area contributed by atoms with Crippen molar-refractivity contribution in [1.29, 1.82) is 0 Å². The summed E-state index contributed by atoms with van der Waals surface area (Å²) >= 11 is 0. The first kappa shape index (κ1) is 15.4. The van der Waals surface area contributed by atoms with Crippen LogP contribution in [0.15, 0.2) is 30.3 Å². The fraction of sp³-hybridized carbons (Fsp3) is 0.250. The highest BCUT2D eigenvalue weighted by Gasteiger charge is 2.20. The molecule has 5 heteroatoms. The summed E-state index contributed by atoms with van der Waals surface area (Å²) in [5.74, 6) is 4.86. The van der Waals surface area contributed by atoms with Crippen molar-refractivity contribution >= 4 is 0 Å². The maximum atomic E-state index is 14.3. The summed E-state index contributed by atoms with van der Waals surface area (Å²) in [4.78, 5) is 0. The third-order valence-electron chi connectivity index (χ3n) is 3.44. The zero-order valence-corrected chi connectivity index (χ0v) is 12.2. The summed E-state index contributed by atoms with van der Waals surface area (Å²) in [5, 5.41) is 0. The average Bonchev–Trinajstić information content (AvgIpc) is 2.43. The molecule has 112 valence electrons. The fourth-order valence-corrected chi connectivity index (χ4v) is 2.49. The molecular weight excluding hydrogens is 274 g/mol. The summed E-state index contributed by atoms with van der Waals surface area (Å²) < 4.78 is 32.8. The van der Waals surface area contributed by atoms with E-state index in [1.54, 1.807) is 6.07 Å². The van der Waals surface area contributed by atoms with Crippen LogP contribution in [0.3, 0.4) is 0 Å². The molecule has 21 heavy (non-hydrogen) atoms. The average molecular weight is 292 g/mol. The van der Waals surface area contributed by atoms with Crippen molar-refractivity contribution in [2.24, 2.45) is 5.84 Å². The minimum Gasteiger partial charge on any atom is -0.494 e. The maximum absolute atomic E-state index is 14.3. The van der Waals surface area contributed by atoms with Crippen molar-refractivity contribution in [3.63, 3.8) is 0 Å². The lowest BCUT2D eigenvalue weighted by atomic mass is 9.93. The highest BCUT2D eigenvalue weighted by Crippen LogP contribution is 2.30. The van der Waals surface area contributed by atoms with Crippen molar-refractivity contribution in [2.75, 3.05) is 7.11 Å². The second-order valence-corrected chi connectivity index (χ2v) is 4.97. The lowest BCUT2D eigenvalue weighted by molar-refractivity contribution is 0.385. The Morgan fingerprint density at radius 1 is 1.10 bits per heavy atom. The highest BCUT2D eigenvalue weighted by molar-refractivity contribution is 5.42. The van der Waals surface area contributed by atoms with Crippen molar-refractivity contribution < 1.29 is 13.5 Å². The van der Waals surface area contributed by atoms with Gasteiger partial charge in [-0.1, -0.05) is 12.1 Å². The first-order valence-electron chi connectivity index (χ1n) is 6.54. The van der Waals surface area contributed by atoms with Crippen LogP contribution in [0, 0.1) is 25.5 Å². The van der Waals surface area contributed by atoms with Gasteiger partial charge in [0.1, 0.15) is 5.82 Å². The first-order valence-corrected chi connectivity index (χ1v) is 6.54. The largest absolute Gasteiger partial charge is 0.494 e. The van der Waals surface area contributed by atoms with E-state index >= 15 is 0 Å². The summed E-state index contributed by atoms with van der Waals surface area (Å²) in [7, 11) is 1.38. The minimum atomic E-state index is -0.583. The van der Waals surface area contributed by atoms with E-state index in [0.29, 0.717) is 11.1 Å². The Balaban J connectivity index is 2.55. The molecule has 3 nitrogen and oxygen atoms in total. The van der Waals surface area contributed by atoms with Crippen LogP contribution in [0.5, 0.6) is 5.75 Å². The van der Waals surface area contributed by atoms with Crippen molar-refractivity contribution in [3.8, 4) is 5.75 Å². The molecule has 0 aliphatic heterocycles. The zero-order valence-electron chi connectivity index (χ0n) is 12.2. The number of nitrogens with two attached hydrogens (primary N) is 1. The van der Waals surface area contributed by atoms with E-state index in [1.165, 1.54) is 25.3 Å². The van der Waals surface area contributed by atoms with Gasteiger partial charge in [-0.25, -0.2) is 14.2 Å². The molecule has 0 aliphatic carbocycles. The van der Waals surface area contributed by atoms with Gasteiger partial charge in [-0.05, 0) is 48.7 Å². The summed E-state index contributed by atoms with van der Waals surface area (Å²) in [6.07, 6.45) is 0. The Labute approximate surface area is 122 Å². The van der Waals surface area contributed by atoms with Gasteiger partial charge in [0.2, 0.25) is 0 Å². The molecule has 0 saturated carbocycles. The Morgan fingerprint density at radius 2 is 1.81 bits per heavy atom. The van der Waals surface area contributed by atoms with Gasteiger partial charge in [-0.15, -0.1) is 0 Å². The van der Waals surface area contributed by atoms with Crippen LogP contribution in [0.1, 0.15) is 28.3 Å². The number of benzene rings is 2. The Morgan fingerprint density at radius 3 is 2.38 bits per heavy atom. The smallest absolute Gasteiger partial charge is 0.165 e. The van der Waals surface area contributed by atoms with Crippen molar-refractivity contribution in [2.45, 2.75) is 19.9 Å². The number of hydrogen-bond acceptors (Lipinski definition) is 3. The Kier molecular flexibility index (Phi) is 4.55. The van der Waals surface area contributed by atoms with Gasteiger partial charge in [0.15, 0.2) is 11.6 Å². The van der Waals surface area contributed by atoms with Crippen LogP contribution in [0.2, 0.25) is 0 Å². The number of hydrazine groups is 1. The standard InChI is InChI=1S/C16H18F2N2O/c1-9-6-10(2)15(13(18)7-9)16(20-19)11-4-5-12(17)14(8-11)21-3/h4-8,16,20H,19H2,1-3H3. The molecule has 0 heterocycles. The van der Waals surface area contributed by atoms with Crippen LogP contribution in [0.4, 0.5) is 8.78 Å². The molecular formula is C16H18F2N2O. The summed E-state index contributed by atoms with van der Waals surface area (Å²) in [6.45, 7) is 3.64. The zero-order chi connectivity index (χ0) is 15.6. The molecule has 1 unspecified atom stereocenters. The van der Waals surface area contributed by atoms with Crippen LogP contribution in [-0.2, 0) is 0 Å². The lowest BCUT2D eigenvalue weighted by Crippen LogP contribution is -2.30. The van der Waals surface area contributed by atoms with E-state index in [1.807, 2.05) is 19.9 Å². The van der Waals surface area contributed by atoms with E-state index < -0.39 is 11.9 Å². The molecule has 0 aliphatic rings. The molecule has 0 aromatic heterocycles. The normalized spacial score (nSPS) is 12.3. The predicted molar refractivity (Wildman–Crippen MR) is 78.0 cm³/mol. The Bertz CT molecular complexity index is 636. The molecule has 2 aromatic rings. The van der Waals surface area contributed by atoms with E-state index in [4.69, 9.17) is 10.6 Å².